The van der Waals surface area contributed by atoms with Gasteiger partial charge in [0.15, 0.2) is 0 Å². The van der Waals surface area contributed by atoms with Crippen molar-refractivity contribution in [2.45, 2.75) is 38.8 Å². The van der Waals surface area contributed by atoms with E-state index in [4.69, 9.17) is 16.7 Å². The fraction of sp³-hybridized carbons (Fsp3) is 0.207. The Morgan fingerprint density at radius 1 is 0.941 bits per heavy atom. The lowest BCUT2D eigenvalue weighted by atomic mass is 9.92. The molecule has 0 radical (unpaired) electrons. The summed E-state index contributed by atoms with van der Waals surface area (Å²) >= 11 is 6.17. The van der Waals surface area contributed by atoms with E-state index < -0.39 is 5.97 Å². The van der Waals surface area contributed by atoms with Crippen molar-refractivity contribution in [3.05, 3.63) is 106 Å². The van der Waals surface area contributed by atoms with Gasteiger partial charge in [-0.3, -0.25) is 4.79 Å². The number of carboxylic acid groups (broad SMARTS) is 1. The fourth-order valence-electron chi connectivity index (χ4n) is 4.34. The summed E-state index contributed by atoms with van der Waals surface area (Å²) in [6.07, 6.45) is 0.0469. The number of carboxylic acids is 1. The Balaban J connectivity index is 1.71. The Hall–Kier alpha value is -3.21. The van der Waals surface area contributed by atoms with Crippen LogP contribution in [0.15, 0.2) is 78.9 Å². The number of rotatable bonds is 8. The molecular weight excluding hydrogens is 449 g/mol. The van der Waals surface area contributed by atoms with Gasteiger partial charge < -0.3 is 10.4 Å². The van der Waals surface area contributed by atoms with Crippen molar-refractivity contribution in [1.82, 2.24) is 5.32 Å². The Morgan fingerprint density at radius 3 is 2.47 bits per heavy atom. The second-order valence-electron chi connectivity index (χ2n) is 8.65. The topological polar surface area (TPSA) is 49.3 Å². The number of carbonyl (C=O) groups is 1. The van der Waals surface area contributed by atoms with Crippen LogP contribution < -0.4 is 5.32 Å². The van der Waals surface area contributed by atoms with Crippen LogP contribution in [0, 0.1) is 5.82 Å². The summed E-state index contributed by atoms with van der Waals surface area (Å²) in [5.41, 5.74) is 4.50. The lowest BCUT2D eigenvalue weighted by Crippen LogP contribution is -2.22. The fourth-order valence-corrected chi connectivity index (χ4v) is 4.54. The van der Waals surface area contributed by atoms with Crippen LogP contribution >= 0.6 is 11.6 Å². The molecule has 0 aliphatic heterocycles. The van der Waals surface area contributed by atoms with Gasteiger partial charge in [-0.25, -0.2) is 4.39 Å². The van der Waals surface area contributed by atoms with E-state index in [1.54, 1.807) is 12.1 Å². The lowest BCUT2D eigenvalue weighted by Gasteiger charge is -2.22. The zero-order chi connectivity index (χ0) is 24.2. The summed E-state index contributed by atoms with van der Waals surface area (Å²) in [6, 6.07) is 25.4. The van der Waals surface area contributed by atoms with Gasteiger partial charge in [0, 0.05) is 23.5 Å². The molecule has 0 aromatic heterocycles. The smallest absolute Gasteiger partial charge is 0.303 e. The molecule has 0 aliphatic carbocycles. The second-order valence-corrected chi connectivity index (χ2v) is 9.09. The van der Waals surface area contributed by atoms with Crippen molar-refractivity contribution in [3.63, 3.8) is 0 Å². The molecule has 1 unspecified atom stereocenters. The van der Waals surface area contributed by atoms with Gasteiger partial charge in [-0.1, -0.05) is 54.1 Å². The summed E-state index contributed by atoms with van der Waals surface area (Å²) in [5, 5.41) is 15.5. The van der Waals surface area contributed by atoms with Crippen LogP contribution in [0.5, 0.6) is 0 Å². The summed E-state index contributed by atoms with van der Waals surface area (Å²) in [5.74, 6) is -1.32. The van der Waals surface area contributed by atoms with E-state index in [0.717, 1.165) is 33.0 Å². The Morgan fingerprint density at radius 2 is 1.71 bits per heavy atom. The minimum atomic E-state index is -0.939. The Kier molecular flexibility index (Phi) is 7.30. The van der Waals surface area contributed by atoms with Crippen LogP contribution in [0.1, 0.15) is 49.0 Å². The molecule has 0 saturated carbocycles. The summed E-state index contributed by atoms with van der Waals surface area (Å²) in [6.45, 7) is 4.23. The van der Waals surface area contributed by atoms with Crippen LogP contribution in [0.3, 0.4) is 0 Å². The maximum absolute atomic E-state index is 14.4. The third-order valence-electron chi connectivity index (χ3n) is 6.20. The lowest BCUT2D eigenvalue weighted by molar-refractivity contribution is -0.136. The van der Waals surface area contributed by atoms with Crippen LogP contribution in [-0.2, 0) is 11.2 Å². The van der Waals surface area contributed by atoms with Crippen molar-refractivity contribution >= 4 is 28.3 Å². The van der Waals surface area contributed by atoms with E-state index >= 15 is 0 Å². The molecule has 4 aromatic rings. The number of hydrogen-bond acceptors (Lipinski definition) is 2. The van der Waals surface area contributed by atoms with Crippen molar-refractivity contribution in [2.24, 2.45) is 0 Å². The highest BCUT2D eigenvalue weighted by atomic mass is 35.5. The van der Waals surface area contributed by atoms with Crippen LogP contribution in [-0.4, -0.2) is 11.1 Å². The van der Waals surface area contributed by atoms with E-state index in [-0.39, 0.29) is 30.7 Å². The maximum Gasteiger partial charge on any atom is 0.303 e. The molecule has 0 aliphatic rings. The van der Waals surface area contributed by atoms with Gasteiger partial charge in [-0.15, -0.1) is 0 Å². The molecular formula is C29H27ClFNO2. The zero-order valence-electron chi connectivity index (χ0n) is 19.2. The number of nitrogens with one attached hydrogen (secondary N) is 1. The number of halogens is 2. The van der Waals surface area contributed by atoms with Gasteiger partial charge >= 0.3 is 5.97 Å². The highest BCUT2D eigenvalue weighted by molar-refractivity contribution is 6.30. The second kappa shape index (κ2) is 10.4. The average Bonchev–Trinajstić information content (AvgIpc) is 2.82. The predicted molar refractivity (Wildman–Crippen MR) is 137 cm³/mol. The van der Waals surface area contributed by atoms with Crippen molar-refractivity contribution < 1.29 is 14.3 Å². The Bertz CT molecular complexity index is 1340. The minimum Gasteiger partial charge on any atom is -0.481 e. The first-order valence-electron chi connectivity index (χ1n) is 11.4. The first kappa shape index (κ1) is 23.9. The largest absolute Gasteiger partial charge is 0.481 e. The van der Waals surface area contributed by atoms with E-state index in [2.05, 4.69) is 49.5 Å². The van der Waals surface area contributed by atoms with E-state index in [1.165, 1.54) is 6.07 Å². The summed E-state index contributed by atoms with van der Waals surface area (Å²) in [4.78, 5) is 11.0. The van der Waals surface area contributed by atoms with Crippen molar-refractivity contribution in [2.75, 3.05) is 0 Å². The first-order valence-corrected chi connectivity index (χ1v) is 11.7. The highest BCUT2D eigenvalue weighted by Crippen LogP contribution is 2.34. The van der Waals surface area contributed by atoms with Gasteiger partial charge in [0.25, 0.3) is 0 Å². The summed E-state index contributed by atoms with van der Waals surface area (Å²) in [7, 11) is 0. The molecule has 2 N–H and O–H groups in total. The van der Waals surface area contributed by atoms with E-state index in [1.807, 2.05) is 30.3 Å². The monoisotopic (exact) mass is 475 g/mol. The number of aliphatic carboxylic acids is 1. The molecule has 0 fully saturated rings. The van der Waals surface area contributed by atoms with Gasteiger partial charge in [0.1, 0.15) is 5.82 Å². The third kappa shape index (κ3) is 5.46. The molecule has 0 bridgehead atoms. The molecule has 34 heavy (non-hydrogen) atoms. The van der Waals surface area contributed by atoms with Gasteiger partial charge in [0.2, 0.25) is 0 Å². The van der Waals surface area contributed by atoms with Gasteiger partial charge in [-0.05, 0) is 95.3 Å². The zero-order valence-corrected chi connectivity index (χ0v) is 19.9. The predicted octanol–water partition coefficient (Wildman–Crippen LogP) is 7.73. The maximum atomic E-state index is 14.4. The standard InChI is InChI=1S/C29H27ClFNO2/c1-18(20-7-5-8-25(30)16-20)32-19(2)24-15-21-6-3-4-9-26(21)27(17-24)22-10-12-28(31)23(14-22)11-13-29(33)34/h3-10,12,14-19,32H,11,13H2,1-2H3,(H,33,34)/t18-,19?/m1/s1. The van der Waals surface area contributed by atoms with Crippen molar-refractivity contribution in [3.8, 4) is 11.1 Å². The van der Waals surface area contributed by atoms with Crippen LogP contribution in [0.4, 0.5) is 4.39 Å². The molecule has 4 aromatic carbocycles. The molecule has 174 valence electrons. The molecule has 0 heterocycles. The SMILES string of the molecule is CC(N[C@H](C)c1cccc(Cl)c1)c1cc(-c2ccc(F)c(CCC(=O)O)c2)c2ccccc2c1. The molecule has 0 saturated heterocycles. The van der Waals surface area contributed by atoms with E-state index in [9.17, 15) is 9.18 Å². The molecule has 2 atom stereocenters. The number of hydrogen-bond donors (Lipinski definition) is 2. The van der Waals surface area contributed by atoms with Crippen molar-refractivity contribution in [1.29, 1.82) is 0 Å². The highest BCUT2D eigenvalue weighted by Gasteiger charge is 2.16. The molecule has 0 spiro atoms. The summed E-state index contributed by atoms with van der Waals surface area (Å²) < 4.78 is 14.4. The number of aryl methyl sites for hydroxylation is 1. The average molecular weight is 476 g/mol. The van der Waals surface area contributed by atoms with Gasteiger partial charge in [-0.2, -0.15) is 0 Å². The molecule has 0 amide bonds. The molecule has 4 rings (SSSR count). The van der Waals surface area contributed by atoms with E-state index in [0.29, 0.717) is 10.6 Å². The van der Waals surface area contributed by atoms with Crippen LogP contribution in [0.25, 0.3) is 21.9 Å². The van der Waals surface area contributed by atoms with Crippen LogP contribution in [0.2, 0.25) is 5.02 Å². The molecule has 5 heteroatoms. The first-order chi connectivity index (χ1) is 16.3. The number of fused-ring (bicyclic) bond motifs is 1. The number of benzene rings is 4. The quantitative estimate of drug-likeness (QED) is 0.274. The third-order valence-corrected chi connectivity index (χ3v) is 6.43. The minimum absolute atomic E-state index is 0.0456. The van der Waals surface area contributed by atoms with Gasteiger partial charge in [0.05, 0.1) is 0 Å². The molecule has 3 nitrogen and oxygen atoms in total. The normalized spacial score (nSPS) is 13.1. The Labute approximate surface area is 204 Å².